The smallest absolute Gasteiger partial charge is 0.0566 e. The molecular weight excluding hydrogens is 342 g/mol. The first-order valence-corrected chi connectivity index (χ1v) is 8.94. The van der Waals surface area contributed by atoms with Gasteiger partial charge in [0.25, 0.3) is 0 Å². The predicted molar refractivity (Wildman–Crippen MR) is 94.0 cm³/mol. The number of thiophene rings is 1. The molecule has 2 N–H and O–H groups in total. The summed E-state index contributed by atoms with van der Waals surface area (Å²) in [5.74, 6) is 0. The predicted octanol–water partition coefficient (Wildman–Crippen LogP) is 5.20. The molecule has 3 heteroatoms. The van der Waals surface area contributed by atoms with Gasteiger partial charge in [-0.05, 0) is 74.3 Å². The summed E-state index contributed by atoms with van der Waals surface area (Å²) in [7, 11) is 0. The highest BCUT2D eigenvalue weighted by Crippen LogP contribution is 2.37. The summed E-state index contributed by atoms with van der Waals surface area (Å²) in [5.41, 5.74) is 12.0. The summed E-state index contributed by atoms with van der Waals surface area (Å²) in [6, 6.07) is 13.1. The molecule has 1 atom stereocenters. The Morgan fingerprint density at radius 3 is 2.86 bits per heavy atom. The zero-order valence-electron chi connectivity index (χ0n) is 11.6. The van der Waals surface area contributed by atoms with E-state index in [-0.39, 0.29) is 6.04 Å². The Balaban J connectivity index is 1.79. The molecule has 0 fully saturated rings. The summed E-state index contributed by atoms with van der Waals surface area (Å²) >= 11 is 5.39. The molecule has 0 aliphatic heterocycles. The highest BCUT2D eigenvalue weighted by Gasteiger charge is 2.18. The molecule has 1 unspecified atom stereocenters. The van der Waals surface area contributed by atoms with Crippen molar-refractivity contribution in [2.75, 3.05) is 0 Å². The van der Waals surface area contributed by atoms with Crippen molar-refractivity contribution < 1.29 is 0 Å². The molecule has 106 valence electrons. The molecule has 0 radical (unpaired) electrons. The van der Waals surface area contributed by atoms with Gasteiger partial charge >= 0.3 is 0 Å². The van der Waals surface area contributed by atoms with Gasteiger partial charge in [0.15, 0.2) is 0 Å². The molecule has 0 saturated heterocycles. The Morgan fingerprint density at radius 1 is 1.10 bits per heavy atom. The topological polar surface area (TPSA) is 26.0 Å². The van der Waals surface area contributed by atoms with E-state index in [1.165, 1.54) is 51.6 Å². The molecule has 1 aliphatic rings. The molecule has 0 saturated carbocycles. The monoisotopic (exact) mass is 357 g/mol. The highest BCUT2D eigenvalue weighted by molar-refractivity contribution is 9.10. The van der Waals surface area contributed by atoms with E-state index in [2.05, 4.69) is 57.7 Å². The van der Waals surface area contributed by atoms with Gasteiger partial charge in [-0.15, -0.1) is 11.3 Å². The maximum absolute atomic E-state index is 6.56. The van der Waals surface area contributed by atoms with Crippen LogP contribution >= 0.6 is 27.3 Å². The van der Waals surface area contributed by atoms with Crippen LogP contribution in [0.2, 0.25) is 0 Å². The molecule has 0 amide bonds. The summed E-state index contributed by atoms with van der Waals surface area (Å²) in [6.07, 6.45) is 3.70. The van der Waals surface area contributed by atoms with E-state index in [1.54, 1.807) is 11.3 Å². The Labute approximate surface area is 136 Å². The Morgan fingerprint density at radius 2 is 1.95 bits per heavy atom. The minimum absolute atomic E-state index is 0.0426. The van der Waals surface area contributed by atoms with Gasteiger partial charge in [0.05, 0.1) is 6.04 Å². The van der Waals surface area contributed by atoms with Crippen LogP contribution in [0.15, 0.2) is 46.3 Å². The summed E-state index contributed by atoms with van der Waals surface area (Å²) in [6.45, 7) is 0. The summed E-state index contributed by atoms with van der Waals surface area (Å²) < 4.78 is 2.43. The third-order valence-electron chi connectivity index (χ3n) is 4.40. The Bertz CT molecular complexity index is 821. The van der Waals surface area contributed by atoms with Crippen molar-refractivity contribution in [2.24, 2.45) is 5.73 Å². The lowest BCUT2D eigenvalue weighted by Gasteiger charge is -2.13. The van der Waals surface area contributed by atoms with Crippen LogP contribution in [0.4, 0.5) is 0 Å². The fraction of sp³-hybridized carbons (Fsp3) is 0.222. The van der Waals surface area contributed by atoms with Gasteiger partial charge in [-0.25, -0.2) is 0 Å². The quantitative estimate of drug-likeness (QED) is 0.669. The number of rotatable bonds is 2. The van der Waals surface area contributed by atoms with E-state index in [1.807, 2.05) is 0 Å². The third kappa shape index (κ3) is 2.24. The van der Waals surface area contributed by atoms with Gasteiger partial charge in [0.1, 0.15) is 0 Å². The van der Waals surface area contributed by atoms with Crippen LogP contribution in [0.1, 0.15) is 34.7 Å². The van der Waals surface area contributed by atoms with Crippen LogP contribution in [0.25, 0.3) is 10.1 Å². The fourth-order valence-electron chi connectivity index (χ4n) is 3.25. The number of aryl methyl sites for hydroxylation is 2. The normalized spacial score (nSPS) is 15.3. The molecule has 0 bridgehead atoms. The first-order valence-electron chi connectivity index (χ1n) is 7.27. The third-order valence-corrected chi connectivity index (χ3v) is 6.37. The minimum atomic E-state index is -0.0426. The lowest BCUT2D eigenvalue weighted by Crippen LogP contribution is -2.11. The van der Waals surface area contributed by atoms with E-state index >= 15 is 0 Å². The van der Waals surface area contributed by atoms with Crippen LogP contribution < -0.4 is 5.73 Å². The summed E-state index contributed by atoms with van der Waals surface area (Å²) in [4.78, 5) is 0. The van der Waals surface area contributed by atoms with E-state index in [9.17, 15) is 0 Å². The van der Waals surface area contributed by atoms with Crippen molar-refractivity contribution >= 4 is 37.4 Å². The molecular formula is C18H16BrNS. The van der Waals surface area contributed by atoms with Crippen LogP contribution in [-0.4, -0.2) is 0 Å². The van der Waals surface area contributed by atoms with E-state index < -0.39 is 0 Å². The highest BCUT2D eigenvalue weighted by atomic mass is 79.9. The van der Waals surface area contributed by atoms with Crippen LogP contribution in [0.3, 0.4) is 0 Å². The second-order valence-corrected chi connectivity index (χ2v) is 7.40. The molecule has 1 nitrogen and oxygen atoms in total. The molecule has 1 aromatic heterocycles. The lowest BCUT2D eigenvalue weighted by molar-refractivity contribution is 0.879. The number of fused-ring (bicyclic) bond motifs is 2. The SMILES string of the molecule is NC(c1ccc2c(c1)CCC2)c1csc2c(Br)cccc12. The number of nitrogens with two attached hydrogens (primary N) is 1. The Kier molecular flexibility index (Phi) is 3.37. The average molecular weight is 358 g/mol. The molecule has 0 spiro atoms. The molecule has 21 heavy (non-hydrogen) atoms. The Hall–Kier alpha value is -1.16. The zero-order chi connectivity index (χ0) is 14.4. The second-order valence-electron chi connectivity index (χ2n) is 5.67. The van der Waals surface area contributed by atoms with Crippen LogP contribution in [0, 0.1) is 0 Å². The molecule has 4 rings (SSSR count). The van der Waals surface area contributed by atoms with Crippen molar-refractivity contribution in [3.8, 4) is 0 Å². The number of hydrogen-bond donors (Lipinski definition) is 1. The van der Waals surface area contributed by atoms with E-state index in [0.29, 0.717) is 0 Å². The number of benzene rings is 2. The maximum Gasteiger partial charge on any atom is 0.0566 e. The number of halogens is 1. The first kappa shape index (κ1) is 13.5. The van der Waals surface area contributed by atoms with Crippen LogP contribution in [0.5, 0.6) is 0 Å². The standard InChI is InChI=1S/C18H16BrNS/c19-16-6-2-5-14-15(10-21-18(14)16)17(20)13-8-7-11-3-1-4-12(11)9-13/h2,5-10,17H,1,3-4,20H2. The molecule has 2 aromatic carbocycles. The van der Waals surface area contributed by atoms with Gasteiger partial charge in [-0.2, -0.15) is 0 Å². The average Bonchev–Trinajstić information content (AvgIpc) is 3.13. The van der Waals surface area contributed by atoms with E-state index in [4.69, 9.17) is 5.73 Å². The van der Waals surface area contributed by atoms with Crippen molar-refractivity contribution in [3.63, 3.8) is 0 Å². The van der Waals surface area contributed by atoms with Gasteiger partial charge in [-0.1, -0.05) is 30.3 Å². The van der Waals surface area contributed by atoms with Crippen molar-refractivity contribution in [1.82, 2.24) is 0 Å². The van der Waals surface area contributed by atoms with Crippen molar-refractivity contribution in [2.45, 2.75) is 25.3 Å². The minimum Gasteiger partial charge on any atom is -0.320 e. The van der Waals surface area contributed by atoms with Gasteiger partial charge < -0.3 is 5.73 Å². The molecule has 1 heterocycles. The second kappa shape index (κ2) is 5.24. The largest absolute Gasteiger partial charge is 0.320 e. The van der Waals surface area contributed by atoms with Crippen molar-refractivity contribution in [1.29, 1.82) is 0 Å². The van der Waals surface area contributed by atoms with Crippen molar-refractivity contribution in [3.05, 3.63) is 68.5 Å². The van der Waals surface area contributed by atoms with Gasteiger partial charge in [-0.3, -0.25) is 0 Å². The lowest BCUT2D eigenvalue weighted by atomic mass is 9.96. The zero-order valence-corrected chi connectivity index (χ0v) is 14.0. The van der Waals surface area contributed by atoms with Gasteiger partial charge in [0, 0.05) is 9.17 Å². The van der Waals surface area contributed by atoms with E-state index in [0.717, 1.165) is 4.47 Å². The first-order chi connectivity index (χ1) is 10.2. The van der Waals surface area contributed by atoms with Crippen LogP contribution in [-0.2, 0) is 12.8 Å². The van der Waals surface area contributed by atoms with Gasteiger partial charge in [0.2, 0.25) is 0 Å². The fourth-order valence-corrected chi connectivity index (χ4v) is 4.91. The number of hydrogen-bond acceptors (Lipinski definition) is 2. The molecule has 3 aromatic rings. The molecule has 1 aliphatic carbocycles. The summed E-state index contributed by atoms with van der Waals surface area (Å²) in [5, 5.41) is 3.47. The maximum atomic E-state index is 6.56.